The fraction of sp³-hybridized carbons (Fsp3) is 0.423. The molecule has 1 N–H and O–H groups in total. The quantitative estimate of drug-likeness (QED) is 0.465. The largest absolute Gasteiger partial charge is 0.370 e. The maximum absolute atomic E-state index is 14.2. The van der Waals surface area contributed by atoms with Crippen LogP contribution in [0.1, 0.15) is 37.1 Å². The van der Waals surface area contributed by atoms with Crippen LogP contribution in [0.5, 0.6) is 0 Å². The highest BCUT2D eigenvalue weighted by molar-refractivity contribution is 5.59. The van der Waals surface area contributed by atoms with Crippen molar-refractivity contribution >= 4 is 5.82 Å². The molecule has 7 heteroatoms. The highest BCUT2D eigenvalue weighted by Gasteiger charge is 2.23. The molecule has 0 fully saturated rings. The van der Waals surface area contributed by atoms with Crippen LogP contribution in [-0.2, 0) is 19.5 Å². The number of aromatic nitrogens is 3. The van der Waals surface area contributed by atoms with E-state index in [0.29, 0.717) is 18.9 Å². The van der Waals surface area contributed by atoms with Crippen LogP contribution in [0, 0.1) is 5.82 Å². The SMILES string of the molecule is CCN(CC)CCCNc1nc(-c2ccncc2)nc2c1CCN(Cc1ccccc1F)C2. The van der Waals surface area contributed by atoms with Crippen LogP contribution in [0.15, 0.2) is 48.8 Å². The number of halogens is 1. The minimum absolute atomic E-state index is 0.154. The van der Waals surface area contributed by atoms with Gasteiger partial charge < -0.3 is 10.2 Å². The van der Waals surface area contributed by atoms with Gasteiger partial charge in [-0.3, -0.25) is 9.88 Å². The van der Waals surface area contributed by atoms with Crippen molar-refractivity contribution in [3.8, 4) is 11.4 Å². The first kappa shape index (κ1) is 23.3. The molecule has 3 heterocycles. The van der Waals surface area contributed by atoms with Crippen molar-refractivity contribution in [3.63, 3.8) is 0 Å². The van der Waals surface area contributed by atoms with E-state index in [4.69, 9.17) is 9.97 Å². The summed E-state index contributed by atoms with van der Waals surface area (Å²) in [7, 11) is 0. The van der Waals surface area contributed by atoms with E-state index < -0.39 is 0 Å². The van der Waals surface area contributed by atoms with Gasteiger partial charge in [0.2, 0.25) is 0 Å². The van der Waals surface area contributed by atoms with Gasteiger partial charge in [-0.2, -0.15) is 0 Å². The van der Waals surface area contributed by atoms with Crippen LogP contribution >= 0.6 is 0 Å². The molecule has 0 spiro atoms. The first-order valence-electron chi connectivity index (χ1n) is 11.9. The van der Waals surface area contributed by atoms with Gasteiger partial charge >= 0.3 is 0 Å². The van der Waals surface area contributed by atoms with Crippen molar-refractivity contribution in [3.05, 3.63) is 71.4 Å². The third kappa shape index (κ3) is 5.92. The normalized spacial score (nSPS) is 13.8. The van der Waals surface area contributed by atoms with E-state index in [1.807, 2.05) is 24.3 Å². The van der Waals surface area contributed by atoms with Crippen LogP contribution in [-0.4, -0.2) is 57.5 Å². The molecule has 0 radical (unpaired) electrons. The molecule has 4 rings (SSSR count). The van der Waals surface area contributed by atoms with Crippen LogP contribution in [0.2, 0.25) is 0 Å². The number of fused-ring (bicyclic) bond motifs is 1. The van der Waals surface area contributed by atoms with Gasteiger partial charge in [-0.25, -0.2) is 14.4 Å². The monoisotopic (exact) mass is 448 g/mol. The lowest BCUT2D eigenvalue weighted by molar-refractivity contribution is 0.238. The van der Waals surface area contributed by atoms with Crippen molar-refractivity contribution in [2.24, 2.45) is 0 Å². The Kier molecular flexibility index (Phi) is 7.96. The number of hydrogen-bond acceptors (Lipinski definition) is 6. The van der Waals surface area contributed by atoms with E-state index in [9.17, 15) is 4.39 Å². The van der Waals surface area contributed by atoms with E-state index in [1.165, 1.54) is 11.6 Å². The lowest BCUT2D eigenvalue weighted by atomic mass is 10.0. The van der Waals surface area contributed by atoms with Crippen molar-refractivity contribution < 1.29 is 4.39 Å². The summed E-state index contributed by atoms with van der Waals surface area (Å²) in [6.07, 6.45) is 5.43. The fourth-order valence-electron chi connectivity index (χ4n) is 4.31. The Morgan fingerprint density at radius 1 is 1.06 bits per heavy atom. The molecule has 0 amide bonds. The zero-order valence-corrected chi connectivity index (χ0v) is 19.6. The van der Waals surface area contributed by atoms with Crippen molar-refractivity contribution in [1.82, 2.24) is 24.8 Å². The van der Waals surface area contributed by atoms with E-state index in [1.54, 1.807) is 18.5 Å². The highest BCUT2D eigenvalue weighted by Crippen LogP contribution is 2.28. The first-order valence-corrected chi connectivity index (χ1v) is 11.9. The van der Waals surface area contributed by atoms with E-state index in [-0.39, 0.29) is 5.82 Å². The van der Waals surface area contributed by atoms with Crippen molar-refractivity contribution in [2.75, 3.05) is 38.0 Å². The van der Waals surface area contributed by atoms with Crippen LogP contribution < -0.4 is 5.32 Å². The van der Waals surface area contributed by atoms with Gasteiger partial charge in [-0.05, 0) is 50.7 Å². The molecule has 0 atom stereocenters. The standard InChI is InChI=1S/C26H33FN6/c1-3-32(4-2)16-7-13-29-26-22-12-17-33(18-21-8-5-6-9-23(21)27)19-24(22)30-25(31-26)20-10-14-28-15-11-20/h5-6,8-11,14-15H,3-4,7,12-13,16-19H2,1-2H3,(H,29,30,31). The number of pyridine rings is 1. The predicted molar refractivity (Wildman–Crippen MR) is 130 cm³/mol. The zero-order valence-electron chi connectivity index (χ0n) is 19.6. The van der Waals surface area contributed by atoms with E-state index in [0.717, 1.165) is 68.2 Å². The van der Waals surface area contributed by atoms with Crippen molar-refractivity contribution in [1.29, 1.82) is 0 Å². The summed E-state index contributed by atoms with van der Waals surface area (Å²) in [4.78, 5) is 18.6. The topological polar surface area (TPSA) is 57.2 Å². The molecule has 33 heavy (non-hydrogen) atoms. The third-order valence-electron chi connectivity index (χ3n) is 6.27. The Balaban J connectivity index is 1.54. The Morgan fingerprint density at radius 3 is 2.61 bits per heavy atom. The molecular formula is C26H33FN6. The molecule has 0 saturated carbocycles. The van der Waals surface area contributed by atoms with Gasteiger partial charge in [0.15, 0.2) is 5.82 Å². The van der Waals surface area contributed by atoms with Gasteiger partial charge in [-0.1, -0.05) is 32.0 Å². The molecule has 1 aliphatic heterocycles. The molecule has 0 aliphatic carbocycles. The summed E-state index contributed by atoms with van der Waals surface area (Å²) in [5.41, 5.74) is 3.87. The number of rotatable bonds is 10. The number of hydrogen-bond donors (Lipinski definition) is 1. The summed E-state index contributed by atoms with van der Waals surface area (Å²) in [5, 5.41) is 3.59. The second-order valence-electron chi connectivity index (χ2n) is 8.42. The number of benzene rings is 1. The molecule has 1 aliphatic rings. The van der Waals surface area contributed by atoms with Gasteiger partial charge in [0, 0.05) is 55.3 Å². The molecule has 6 nitrogen and oxygen atoms in total. The van der Waals surface area contributed by atoms with E-state index in [2.05, 4.69) is 33.9 Å². The van der Waals surface area contributed by atoms with Gasteiger partial charge in [0.1, 0.15) is 11.6 Å². The summed E-state index contributed by atoms with van der Waals surface area (Å²) in [6.45, 7) is 10.6. The van der Waals surface area contributed by atoms with Crippen LogP contribution in [0.25, 0.3) is 11.4 Å². The van der Waals surface area contributed by atoms with Gasteiger partial charge in [0.25, 0.3) is 0 Å². The summed E-state index contributed by atoms with van der Waals surface area (Å²) >= 11 is 0. The Morgan fingerprint density at radius 2 is 1.85 bits per heavy atom. The summed E-state index contributed by atoms with van der Waals surface area (Å²) in [6, 6.07) is 10.9. The minimum atomic E-state index is -0.154. The Bertz CT molecular complexity index is 1040. The average Bonchev–Trinajstić information content (AvgIpc) is 2.85. The Hall–Kier alpha value is -2.90. The van der Waals surface area contributed by atoms with Gasteiger partial charge in [-0.15, -0.1) is 0 Å². The summed E-state index contributed by atoms with van der Waals surface area (Å²) < 4.78 is 14.2. The van der Waals surface area contributed by atoms with Crippen molar-refractivity contribution in [2.45, 2.75) is 39.8 Å². The minimum Gasteiger partial charge on any atom is -0.370 e. The van der Waals surface area contributed by atoms with E-state index >= 15 is 0 Å². The molecule has 174 valence electrons. The molecule has 0 saturated heterocycles. The fourth-order valence-corrected chi connectivity index (χ4v) is 4.31. The lowest BCUT2D eigenvalue weighted by Crippen LogP contribution is -2.32. The Labute approximate surface area is 195 Å². The molecule has 3 aromatic rings. The average molecular weight is 449 g/mol. The summed E-state index contributed by atoms with van der Waals surface area (Å²) in [5.74, 6) is 1.48. The zero-order chi connectivity index (χ0) is 23.0. The maximum atomic E-state index is 14.2. The first-order chi connectivity index (χ1) is 16.2. The third-order valence-corrected chi connectivity index (χ3v) is 6.27. The van der Waals surface area contributed by atoms with Crippen LogP contribution in [0.4, 0.5) is 10.2 Å². The number of nitrogens with zero attached hydrogens (tertiary/aromatic N) is 5. The molecule has 0 unspecified atom stereocenters. The lowest BCUT2D eigenvalue weighted by Gasteiger charge is -2.29. The number of nitrogens with one attached hydrogen (secondary N) is 1. The second-order valence-corrected chi connectivity index (χ2v) is 8.42. The molecular weight excluding hydrogens is 415 g/mol. The maximum Gasteiger partial charge on any atom is 0.161 e. The molecule has 2 aromatic heterocycles. The number of anilines is 1. The van der Waals surface area contributed by atoms with Crippen LogP contribution in [0.3, 0.4) is 0 Å². The molecule has 1 aromatic carbocycles. The molecule has 0 bridgehead atoms. The predicted octanol–water partition coefficient (Wildman–Crippen LogP) is 4.38. The highest BCUT2D eigenvalue weighted by atomic mass is 19.1. The van der Waals surface area contributed by atoms with Gasteiger partial charge in [0.05, 0.1) is 5.69 Å². The smallest absolute Gasteiger partial charge is 0.161 e. The second kappa shape index (κ2) is 11.3.